The topological polar surface area (TPSA) is 52.9 Å². The van der Waals surface area contributed by atoms with E-state index in [-0.39, 0.29) is 17.6 Å². The molecule has 32 heavy (non-hydrogen) atoms. The molecule has 0 saturated carbocycles. The number of phenols is 2. The van der Waals surface area contributed by atoms with Crippen LogP contribution >= 0.6 is 0 Å². The van der Waals surface area contributed by atoms with Crippen LogP contribution in [0.3, 0.4) is 0 Å². The number of hydrogen-bond acceptors (Lipinski definition) is 4. The highest BCUT2D eigenvalue weighted by Gasteiger charge is 2.24. The molecule has 4 heteroatoms. The number of aryl methyl sites for hydroxylation is 1. The van der Waals surface area contributed by atoms with Gasteiger partial charge in [0.2, 0.25) is 0 Å². The van der Waals surface area contributed by atoms with E-state index < -0.39 is 0 Å². The molecule has 1 atom stereocenters. The lowest BCUT2D eigenvalue weighted by Gasteiger charge is -2.25. The minimum atomic E-state index is 0.250. The fourth-order valence-electron chi connectivity index (χ4n) is 4.92. The third kappa shape index (κ3) is 4.11. The average molecular weight is 428 g/mol. The minimum Gasteiger partial charge on any atom is -0.508 e. The molecule has 4 nitrogen and oxygen atoms in total. The van der Waals surface area contributed by atoms with E-state index in [9.17, 15) is 10.2 Å². The number of rotatable bonds is 5. The summed E-state index contributed by atoms with van der Waals surface area (Å²) in [4.78, 5) is 2.42. The Morgan fingerprint density at radius 2 is 1.59 bits per heavy atom. The standard InChI is InChI=1S/C28H29NO3/c1-2-29-16-15-25(18-29)32-24-12-6-21(7-13-24)28-26(19-3-9-22(30)10-4-19)14-8-20-5-11-23(31)17-27(20)28/h3-7,9-13,17,25,30-31H,2,8,14-16,18H2,1H3/t25-/m0/s1. The largest absolute Gasteiger partial charge is 0.508 e. The molecule has 1 saturated heterocycles. The minimum absolute atomic E-state index is 0.250. The van der Waals surface area contributed by atoms with Crippen LogP contribution in [0.1, 0.15) is 42.0 Å². The molecule has 1 heterocycles. The highest BCUT2D eigenvalue weighted by atomic mass is 16.5. The Bertz CT molecular complexity index is 1130. The van der Waals surface area contributed by atoms with Gasteiger partial charge in [0, 0.05) is 13.1 Å². The summed E-state index contributed by atoms with van der Waals surface area (Å²) in [6, 6.07) is 21.4. The number of fused-ring (bicyclic) bond motifs is 1. The first kappa shape index (κ1) is 20.7. The van der Waals surface area contributed by atoms with Gasteiger partial charge < -0.3 is 14.9 Å². The lowest BCUT2D eigenvalue weighted by molar-refractivity contribution is 0.202. The zero-order valence-corrected chi connectivity index (χ0v) is 18.4. The number of likely N-dealkylation sites (N-methyl/N-ethyl adjacent to an activating group) is 1. The summed E-state index contributed by atoms with van der Waals surface area (Å²) in [7, 11) is 0. The Balaban J connectivity index is 1.52. The Kier molecular flexibility index (Phi) is 5.62. The third-order valence-electron chi connectivity index (χ3n) is 6.65. The van der Waals surface area contributed by atoms with Crippen molar-refractivity contribution < 1.29 is 14.9 Å². The van der Waals surface area contributed by atoms with Crippen LogP contribution < -0.4 is 4.74 Å². The van der Waals surface area contributed by atoms with E-state index in [1.54, 1.807) is 18.2 Å². The normalized spacial score (nSPS) is 18.6. The maximum absolute atomic E-state index is 10.2. The highest BCUT2D eigenvalue weighted by Crippen LogP contribution is 2.42. The predicted octanol–water partition coefficient (Wildman–Crippen LogP) is 5.48. The van der Waals surface area contributed by atoms with Crippen molar-refractivity contribution in [2.75, 3.05) is 19.6 Å². The number of nitrogens with zero attached hydrogens (tertiary/aromatic N) is 1. The van der Waals surface area contributed by atoms with Crippen molar-refractivity contribution in [2.45, 2.75) is 32.3 Å². The number of likely N-dealkylation sites (tertiary alicyclic amines) is 1. The molecule has 3 aromatic rings. The average Bonchev–Trinajstić information content (AvgIpc) is 3.27. The van der Waals surface area contributed by atoms with E-state index in [0.717, 1.165) is 66.9 Å². The van der Waals surface area contributed by atoms with Crippen molar-refractivity contribution >= 4 is 11.1 Å². The van der Waals surface area contributed by atoms with Crippen molar-refractivity contribution in [2.24, 2.45) is 0 Å². The van der Waals surface area contributed by atoms with Gasteiger partial charge in [0.1, 0.15) is 23.4 Å². The molecule has 164 valence electrons. The van der Waals surface area contributed by atoms with E-state index in [1.807, 2.05) is 24.3 Å². The summed E-state index contributed by atoms with van der Waals surface area (Å²) in [5.41, 5.74) is 6.88. The first-order valence-corrected chi connectivity index (χ1v) is 11.4. The second-order valence-corrected chi connectivity index (χ2v) is 8.69. The number of ether oxygens (including phenoxy) is 1. The van der Waals surface area contributed by atoms with Crippen LogP contribution in [0.25, 0.3) is 11.1 Å². The summed E-state index contributed by atoms with van der Waals surface area (Å²) in [6.45, 7) is 5.35. The van der Waals surface area contributed by atoms with Crippen LogP contribution in [-0.2, 0) is 6.42 Å². The van der Waals surface area contributed by atoms with Crippen LogP contribution in [0, 0.1) is 0 Å². The molecule has 0 aromatic heterocycles. The zero-order valence-electron chi connectivity index (χ0n) is 18.4. The lowest BCUT2D eigenvalue weighted by Crippen LogP contribution is -2.24. The second kappa shape index (κ2) is 8.71. The van der Waals surface area contributed by atoms with Crippen LogP contribution in [0.2, 0.25) is 0 Å². The van der Waals surface area contributed by atoms with Gasteiger partial charge in [-0.05, 0) is 95.6 Å². The Morgan fingerprint density at radius 3 is 2.31 bits per heavy atom. The summed E-state index contributed by atoms with van der Waals surface area (Å²) in [5.74, 6) is 1.44. The van der Waals surface area contributed by atoms with Crippen molar-refractivity contribution in [3.8, 4) is 17.2 Å². The Morgan fingerprint density at radius 1 is 0.875 bits per heavy atom. The van der Waals surface area contributed by atoms with Crippen LogP contribution in [-0.4, -0.2) is 40.9 Å². The van der Waals surface area contributed by atoms with Crippen LogP contribution in [0.5, 0.6) is 17.2 Å². The van der Waals surface area contributed by atoms with E-state index in [0.29, 0.717) is 0 Å². The molecule has 0 bridgehead atoms. The number of benzene rings is 3. The van der Waals surface area contributed by atoms with Gasteiger partial charge in [-0.25, -0.2) is 0 Å². The molecule has 1 aliphatic heterocycles. The quantitative estimate of drug-likeness (QED) is 0.566. The van der Waals surface area contributed by atoms with Gasteiger partial charge in [0.15, 0.2) is 0 Å². The molecular weight excluding hydrogens is 398 g/mol. The van der Waals surface area contributed by atoms with Crippen molar-refractivity contribution in [3.63, 3.8) is 0 Å². The molecule has 0 spiro atoms. The molecule has 1 fully saturated rings. The molecule has 2 aliphatic rings. The van der Waals surface area contributed by atoms with Crippen LogP contribution in [0.4, 0.5) is 0 Å². The Labute approximate surface area is 189 Å². The second-order valence-electron chi connectivity index (χ2n) is 8.69. The monoisotopic (exact) mass is 427 g/mol. The molecule has 0 radical (unpaired) electrons. The fourth-order valence-corrected chi connectivity index (χ4v) is 4.92. The summed E-state index contributed by atoms with van der Waals surface area (Å²) in [5, 5.41) is 20.0. The van der Waals surface area contributed by atoms with Gasteiger partial charge in [0.05, 0.1) is 0 Å². The van der Waals surface area contributed by atoms with Crippen LogP contribution in [0.15, 0.2) is 66.7 Å². The number of phenolic OH excluding ortho intramolecular Hbond substituents is 2. The maximum atomic E-state index is 10.2. The summed E-state index contributed by atoms with van der Waals surface area (Å²) < 4.78 is 6.24. The van der Waals surface area contributed by atoms with Crippen molar-refractivity contribution in [3.05, 3.63) is 89.0 Å². The first-order valence-electron chi connectivity index (χ1n) is 11.4. The van der Waals surface area contributed by atoms with E-state index in [2.05, 4.69) is 36.1 Å². The predicted molar refractivity (Wildman–Crippen MR) is 128 cm³/mol. The SMILES string of the molecule is CCN1CC[C@H](Oc2ccc(C3=C(c4ccc(O)cc4)CCc4ccc(O)cc43)cc2)C1. The number of hydrogen-bond donors (Lipinski definition) is 2. The highest BCUT2D eigenvalue weighted by molar-refractivity contribution is 6.01. The molecule has 3 aromatic carbocycles. The molecule has 2 N–H and O–H groups in total. The maximum Gasteiger partial charge on any atom is 0.119 e. The molecule has 0 unspecified atom stereocenters. The van der Waals surface area contributed by atoms with Crippen molar-refractivity contribution in [1.82, 2.24) is 4.90 Å². The van der Waals surface area contributed by atoms with Gasteiger partial charge in [0.25, 0.3) is 0 Å². The molecular formula is C28H29NO3. The summed E-state index contributed by atoms with van der Waals surface area (Å²) in [6.07, 6.45) is 3.15. The third-order valence-corrected chi connectivity index (χ3v) is 6.65. The van der Waals surface area contributed by atoms with Gasteiger partial charge in [-0.15, -0.1) is 0 Å². The smallest absolute Gasteiger partial charge is 0.119 e. The fraction of sp³-hybridized carbons (Fsp3) is 0.286. The van der Waals surface area contributed by atoms with E-state index >= 15 is 0 Å². The van der Waals surface area contributed by atoms with Gasteiger partial charge in [-0.3, -0.25) is 4.90 Å². The Hall–Kier alpha value is -3.24. The van der Waals surface area contributed by atoms with Gasteiger partial charge >= 0.3 is 0 Å². The molecule has 5 rings (SSSR count). The number of aromatic hydroxyl groups is 2. The van der Waals surface area contributed by atoms with Gasteiger partial charge in [-0.1, -0.05) is 37.3 Å². The lowest BCUT2D eigenvalue weighted by atomic mass is 9.79. The molecule has 0 amide bonds. The van der Waals surface area contributed by atoms with E-state index in [1.165, 1.54) is 11.1 Å². The number of allylic oxidation sites excluding steroid dienone is 1. The van der Waals surface area contributed by atoms with E-state index in [4.69, 9.17) is 4.74 Å². The molecule has 1 aliphatic carbocycles. The first-order chi connectivity index (χ1) is 15.6. The zero-order chi connectivity index (χ0) is 22.1. The van der Waals surface area contributed by atoms with Gasteiger partial charge in [-0.2, -0.15) is 0 Å². The van der Waals surface area contributed by atoms with Crippen molar-refractivity contribution in [1.29, 1.82) is 0 Å². The summed E-state index contributed by atoms with van der Waals surface area (Å²) >= 11 is 0.